The molecule has 114 valence electrons. The first kappa shape index (κ1) is 15.7. The Kier molecular flexibility index (Phi) is 5.03. The summed E-state index contributed by atoms with van der Waals surface area (Å²) in [6.45, 7) is 8.44. The lowest BCUT2D eigenvalue weighted by atomic mass is 9.78. The van der Waals surface area contributed by atoms with E-state index in [0.29, 0.717) is 13.0 Å². The van der Waals surface area contributed by atoms with Gasteiger partial charge in [-0.15, -0.1) is 6.58 Å². The molecule has 0 bridgehead atoms. The van der Waals surface area contributed by atoms with Gasteiger partial charge in [0.1, 0.15) is 5.78 Å². The molecule has 0 aromatic rings. The van der Waals surface area contributed by atoms with E-state index in [0.717, 1.165) is 38.5 Å². The molecule has 1 saturated carbocycles. The maximum atomic E-state index is 12.4. The number of carbonyl (C=O) groups excluding carboxylic acids is 1. The second-order valence-electron chi connectivity index (χ2n) is 6.69. The Morgan fingerprint density at radius 1 is 1.35 bits per heavy atom. The average Bonchev–Trinajstić information content (AvgIpc) is 2.45. The lowest BCUT2D eigenvalue weighted by Gasteiger charge is -2.47. The second-order valence-corrected chi connectivity index (χ2v) is 6.69. The van der Waals surface area contributed by atoms with Gasteiger partial charge in [-0.05, 0) is 25.7 Å². The molecule has 0 unspecified atom stereocenters. The summed E-state index contributed by atoms with van der Waals surface area (Å²) in [6.07, 6.45) is 9.44. The van der Waals surface area contributed by atoms with Crippen LogP contribution >= 0.6 is 0 Å². The molecule has 20 heavy (non-hydrogen) atoms. The normalized spacial score (nSPS) is 26.4. The standard InChI is InChI=1S/C17H28O3/c1-4-5-9-14(18)16(2,3)15-10-13-19-17(20-15)11-7-6-8-12-17/h4,15H,1,5-13H2,2-3H3/t15-/m0/s1. The first-order chi connectivity index (χ1) is 9.50. The Morgan fingerprint density at radius 2 is 2.05 bits per heavy atom. The predicted molar refractivity (Wildman–Crippen MR) is 79.5 cm³/mol. The molecule has 1 aliphatic carbocycles. The van der Waals surface area contributed by atoms with Gasteiger partial charge in [0.2, 0.25) is 0 Å². The molecular weight excluding hydrogens is 252 g/mol. The molecule has 3 nitrogen and oxygen atoms in total. The highest BCUT2D eigenvalue weighted by atomic mass is 16.7. The maximum absolute atomic E-state index is 12.4. The smallest absolute Gasteiger partial charge is 0.168 e. The molecule has 0 radical (unpaired) electrons. The van der Waals surface area contributed by atoms with Crippen LogP contribution in [0.25, 0.3) is 0 Å². The maximum Gasteiger partial charge on any atom is 0.168 e. The number of rotatable bonds is 5. The minimum absolute atomic E-state index is 0.0216. The molecule has 2 rings (SSSR count). The third kappa shape index (κ3) is 3.32. The Balaban J connectivity index is 2.03. The fourth-order valence-electron chi connectivity index (χ4n) is 3.30. The molecule has 1 aliphatic heterocycles. The minimum atomic E-state index is -0.433. The van der Waals surface area contributed by atoms with Crippen molar-refractivity contribution in [1.29, 1.82) is 0 Å². The van der Waals surface area contributed by atoms with E-state index < -0.39 is 11.2 Å². The van der Waals surface area contributed by atoms with Crippen LogP contribution in [0.15, 0.2) is 12.7 Å². The highest BCUT2D eigenvalue weighted by Gasteiger charge is 2.46. The summed E-state index contributed by atoms with van der Waals surface area (Å²) in [4.78, 5) is 12.4. The topological polar surface area (TPSA) is 35.5 Å². The zero-order valence-corrected chi connectivity index (χ0v) is 13.0. The Bertz CT molecular complexity index is 348. The molecule has 0 aromatic heterocycles. The van der Waals surface area contributed by atoms with Gasteiger partial charge in [0.25, 0.3) is 0 Å². The van der Waals surface area contributed by atoms with Crippen molar-refractivity contribution in [2.75, 3.05) is 6.61 Å². The van der Waals surface area contributed by atoms with Crippen molar-refractivity contribution in [3.8, 4) is 0 Å². The Hall–Kier alpha value is -0.670. The van der Waals surface area contributed by atoms with Crippen molar-refractivity contribution in [3.63, 3.8) is 0 Å². The molecular formula is C17H28O3. The van der Waals surface area contributed by atoms with Crippen LogP contribution in [0.5, 0.6) is 0 Å². The zero-order chi connectivity index (χ0) is 14.6. The zero-order valence-electron chi connectivity index (χ0n) is 13.0. The van der Waals surface area contributed by atoms with Gasteiger partial charge in [-0.25, -0.2) is 0 Å². The van der Waals surface area contributed by atoms with Gasteiger partial charge in [0.05, 0.1) is 12.7 Å². The highest BCUT2D eigenvalue weighted by Crippen LogP contribution is 2.42. The van der Waals surface area contributed by atoms with E-state index in [4.69, 9.17) is 9.47 Å². The molecule has 1 spiro atoms. The molecule has 2 aliphatic rings. The number of carbonyl (C=O) groups is 1. The van der Waals surface area contributed by atoms with E-state index in [1.54, 1.807) is 6.08 Å². The molecule has 0 N–H and O–H groups in total. The molecule has 1 atom stereocenters. The van der Waals surface area contributed by atoms with Crippen molar-refractivity contribution in [3.05, 3.63) is 12.7 Å². The monoisotopic (exact) mass is 280 g/mol. The summed E-state index contributed by atoms with van der Waals surface area (Å²) in [5.74, 6) is -0.132. The fourth-order valence-corrected chi connectivity index (χ4v) is 3.30. The summed E-state index contributed by atoms with van der Waals surface area (Å²) in [7, 11) is 0. The predicted octanol–water partition coefficient (Wildman–Crippen LogP) is 4.01. The van der Waals surface area contributed by atoms with Crippen molar-refractivity contribution < 1.29 is 14.3 Å². The van der Waals surface area contributed by atoms with E-state index in [1.807, 2.05) is 13.8 Å². The molecule has 2 fully saturated rings. The number of ketones is 1. The van der Waals surface area contributed by atoms with E-state index in [2.05, 4.69) is 6.58 Å². The fraction of sp³-hybridized carbons (Fsp3) is 0.824. The lowest BCUT2D eigenvalue weighted by Crippen LogP contribution is -2.52. The van der Waals surface area contributed by atoms with E-state index in [9.17, 15) is 4.79 Å². The van der Waals surface area contributed by atoms with Crippen molar-refractivity contribution in [1.82, 2.24) is 0 Å². The van der Waals surface area contributed by atoms with Crippen molar-refractivity contribution in [2.45, 2.75) is 77.1 Å². The van der Waals surface area contributed by atoms with Crippen molar-refractivity contribution >= 4 is 5.78 Å². The number of ether oxygens (including phenoxy) is 2. The highest BCUT2D eigenvalue weighted by molar-refractivity contribution is 5.84. The van der Waals surface area contributed by atoms with Crippen molar-refractivity contribution in [2.24, 2.45) is 5.41 Å². The molecule has 1 saturated heterocycles. The third-order valence-corrected chi connectivity index (χ3v) is 4.82. The van der Waals surface area contributed by atoms with Gasteiger partial charge >= 0.3 is 0 Å². The first-order valence-corrected chi connectivity index (χ1v) is 7.96. The molecule has 0 aromatic carbocycles. The van der Waals surface area contributed by atoms with Crippen LogP contribution in [0.4, 0.5) is 0 Å². The van der Waals surface area contributed by atoms with Crippen LogP contribution in [-0.2, 0) is 14.3 Å². The van der Waals surface area contributed by atoms with Gasteiger partial charge in [-0.1, -0.05) is 26.3 Å². The summed E-state index contributed by atoms with van der Waals surface area (Å²) in [5.41, 5.74) is -0.433. The van der Waals surface area contributed by atoms with Crippen LogP contribution in [0.1, 0.15) is 65.2 Å². The second kappa shape index (κ2) is 6.40. The molecule has 1 heterocycles. The van der Waals surface area contributed by atoms with Crippen LogP contribution < -0.4 is 0 Å². The number of hydrogen-bond acceptors (Lipinski definition) is 3. The lowest BCUT2D eigenvalue weighted by molar-refractivity contribution is -0.318. The number of allylic oxidation sites excluding steroid dienone is 1. The van der Waals surface area contributed by atoms with E-state index in [1.165, 1.54) is 6.42 Å². The van der Waals surface area contributed by atoms with Crippen LogP contribution in [0.2, 0.25) is 0 Å². The minimum Gasteiger partial charge on any atom is -0.350 e. The van der Waals surface area contributed by atoms with Crippen LogP contribution in [0, 0.1) is 5.41 Å². The van der Waals surface area contributed by atoms with Gasteiger partial charge in [-0.3, -0.25) is 4.79 Å². The summed E-state index contributed by atoms with van der Waals surface area (Å²) >= 11 is 0. The van der Waals surface area contributed by atoms with Crippen LogP contribution in [0.3, 0.4) is 0 Å². The largest absolute Gasteiger partial charge is 0.350 e. The number of Topliss-reactive ketones (excluding diaryl/α,β-unsaturated/α-hetero) is 1. The van der Waals surface area contributed by atoms with Gasteiger partial charge in [0.15, 0.2) is 5.79 Å². The average molecular weight is 280 g/mol. The van der Waals surface area contributed by atoms with Gasteiger partial charge in [-0.2, -0.15) is 0 Å². The summed E-state index contributed by atoms with van der Waals surface area (Å²) < 4.78 is 12.3. The van der Waals surface area contributed by atoms with E-state index in [-0.39, 0.29) is 11.9 Å². The number of hydrogen-bond donors (Lipinski definition) is 0. The molecule has 3 heteroatoms. The summed E-state index contributed by atoms with van der Waals surface area (Å²) in [5, 5.41) is 0. The van der Waals surface area contributed by atoms with Crippen LogP contribution in [-0.4, -0.2) is 24.3 Å². The quantitative estimate of drug-likeness (QED) is 0.714. The Morgan fingerprint density at radius 3 is 2.70 bits per heavy atom. The SMILES string of the molecule is C=CCCC(=O)C(C)(C)[C@@H]1CCOC2(CCCCC2)O1. The van der Waals surface area contributed by atoms with E-state index >= 15 is 0 Å². The Labute approximate surface area is 122 Å². The molecule has 0 amide bonds. The summed E-state index contributed by atoms with van der Waals surface area (Å²) in [6, 6.07) is 0. The van der Waals surface area contributed by atoms with Gasteiger partial charge in [0, 0.05) is 24.7 Å². The third-order valence-electron chi connectivity index (χ3n) is 4.82. The first-order valence-electron chi connectivity index (χ1n) is 7.96. The van der Waals surface area contributed by atoms with Gasteiger partial charge < -0.3 is 9.47 Å².